The molecule has 0 saturated heterocycles. The molecule has 2 aromatic carbocycles. The third-order valence-electron chi connectivity index (χ3n) is 6.08. The quantitative estimate of drug-likeness (QED) is 0.598. The Balaban J connectivity index is 1.72. The number of nitrogens with zero attached hydrogens (tertiary/aromatic N) is 1. The number of halogens is 1. The average Bonchev–Trinajstić information content (AvgIpc) is 2.74. The van der Waals surface area contributed by atoms with E-state index in [1.165, 1.54) is 0 Å². The maximum Gasteiger partial charge on any atom is 0.251 e. The smallest absolute Gasteiger partial charge is 0.251 e. The number of hydrogen-bond donors (Lipinski definition) is 1. The van der Waals surface area contributed by atoms with Crippen LogP contribution in [0, 0.1) is 39.9 Å². The van der Waals surface area contributed by atoms with E-state index >= 15 is 0 Å². The minimum absolute atomic E-state index is 0.0817. The molecule has 2 aromatic rings. The van der Waals surface area contributed by atoms with E-state index in [-0.39, 0.29) is 28.9 Å². The zero-order valence-electron chi connectivity index (χ0n) is 19.4. The molecule has 0 aromatic heterocycles. The first-order chi connectivity index (χ1) is 15.0. The van der Waals surface area contributed by atoms with Gasteiger partial charge in [-0.05, 0) is 36.4 Å². The van der Waals surface area contributed by atoms with Crippen LogP contribution < -0.4 is 10.1 Å². The Morgan fingerprint density at radius 2 is 1.72 bits per heavy atom. The van der Waals surface area contributed by atoms with Crippen molar-refractivity contribution in [3.8, 4) is 23.7 Å². The summed E-state index contributed by atoms with van der Waals surface area (Å²) in [4.78, 5) is 12.9. The zero-order chi connectivity index (χ0) is 23.7. The molecule has 1 saturated carbocycles. The number of carbonyl (C=O) groups excluding carboxylic acids is 1. The van der Waals surface area contributed by atoms with Crippen LogP contribution >= 0.6 is 11.6 Å². The number of nitrogens with one attached hydrogen (secondary N) is 1. The van der Waals surface area contributed by atoms with Gasteiger partial charge in [0.15, 0.2) is 0 Å². The molecule has 32 heavy (non-hydrogen) atoms. The number of ether oxygens (including phenoxy) is 1. The normalized spacial score (nSPS) is 20.3. The molecule has 166 valence electrons. The minimum atomic E-state index is -0.303. The summed E-state index contributed by atoms with van der Waals surface area (Å²) in [7, 11) is 0. The van der Waals surface area contributed by atoms with Crippen LogP contribution in [0.4, 0.5) is 0 Å². The fraction of sp³-hybridized carbons (Fsp3) is 0.407. The summed E-state index contributed by atoms with van der Waals surface area (Å²) in [5.74, 6) is 7.05. The van der Waals surface area contributed by atoms with E-state index in [0.717, 1.165) is 5.56 Å². The van der Waals surface area contributed by atoms with Crippen LogP contribution in [0.2, 0.25) is 5.02 Å². The summed E-state index contributed by atoms with van der Waals surface area (Å²) in [5, 5.41) is 12.6. The third-order valence-corrected chi connectivity index (χ3v) is 6.39. The second-order valence-corrected chi connectivity index (χ2v) is 10.2. The first kappa shape index (κ1) is 23.7. The number of rotatable bonds is 4. The molecule has 0 spiro atoms. The Hall–Kier alpha value is -2.95. The lowest BCUT2D eigenvalue weighted by Gasteiger charge is -2.63. The Bertz CT molecular complexity index is 1100. The highest BCUT2D eigenvalue weighted by atomic mass is 35.5. The summed E-state index contributed by atoms with van der Waals surface area (Å²) in [5.41, 5.74) is 1.31. The molecule has 1 aliphatic carbocycles. The molecule has 0 bridgehead atoms. The van der Waals surface area contributed by atoms with E-state index in [2.05, 4.69) is 50.9 Å². The average molecular weight is 449 g/mol. The molecule has 0 atom stereocenters. The number of benzene rings is 2. The van der Waals surface area contributed by atoms with Crippen molar-refractivity contribution >= 4 is 17.5 Å². The van der Waals surface area contributed by atoms with Crippen molar-refractivity contribution < 1.29 is 9.53 Å². The van der Waals surface area contributed by atoms with Gasteiger partial charge in [0.05, 0.1) is 10.6 Å². The van der Waals surface area contributed by atoms with Crippen molar-refractivity contribution in [3.63, 3.8) is 0 Å². The zero-order valence-corrected chi connectivity index (χ0v) is 20.2. The maximum atomic E-state index is 12.9. The molecule has 0 aliphatic heterocycles. The van der Waals surface area contributed by atoms with Crippen LogP contribution in [0.15, 0.2) is 42.5 Å². The monoisotopic (exact) mass is 448 g/mol. The van der Waals surface area contributed by atoms with Gasteiger partial charge in [-0.2, -0.15) is 5.26 Å². The van der Waals surface area contributed by atoms with E-state index in [1.54, 1.807) is 18.2 Å². The van der Waals surface area contributed by atoms with Gasteiger partial charge in [-0.25, -0.2) is 0 Å². The van der Waals surface area contributed by atoms with E-state index < -0.39 is 0 Å². The molecular weight excluding hydrogens is 420 g/mol. The molecule has 4 nitrogen and oxygen atoms in total. The maximum absolute atomic E-state index is 12.9. The van der Waals surface area contributed by atoms with E-state index in [0.29, 0.717) is 27.8 Å². The van der Waals surface area contributed by atoms with Gasteiger partial charge < -0.3 is 10.1 Å². The third kappa shape index (κ3) is 4.62. The van der Waals surface area contributed by atoms with Crippen LogP contribution in [0.3, 0.4) is 0 Å². The summed E-state index contributed by atoms with van der Waals surface area (Å²) in [6, 6.07) is 14.4. The Morgan fingerprint density at radius 1 is 1.09 bits per heavy atom. The van der Waals surface area contributed by atoms with Crippen molar-refractivity contribution in [2.24, 2.45) is 16.7 Å². The van der Waals surface area contributed by atoms with Gasteiger partial charge in [0.25, 0.3) is 5.91 Å². The van der Waals surface area contributed by atoms with Gasteiger partial charge in [-0.1, -0.05) is 65.0 Å². The molecule has 1 amide bonds. The van der Waals surface area contributed by atoms with Crippen LogP contribution in [0.5, 0.6) is 5.75 Å². The van der Waals surface area contributed by atoms with Gasteiger partial charge in [0, 0.05) is 40.0 Å². The van der Waals surface area contributed by atoms with Crippen molar-refractivity contribution in [2.75, 3.05) is 0 Å². The first-order valence-corrected chi connectivity index (χ1v) is 11.1. The van der Waals surface area contributed by atoms with Gasteiger partial charge in [0.2, 0.25) is 0 Å². The van der Waals surface area contributed by atoms with Crippen LogP contribution in [-0.2, 0) is 0 Å². The molecular formula is C27H29ClN2O2. The lowest BCUT2D eigenvalue weighted by molar-refractivity contribution is -0.164. The minimum Gasteiger partial charge on any atom is -0.489 e. The van der Waals surface area contributed by atoms with Crippen LogP contribution in [0.25, 0.3) is 0 Å². The summed E-state index contributed by atoms with van der Waals surface area (Å²) >= 11 is 6.16. The van der Waals surface area contributed by atoms with Crippen molar-refractivity contribution in [1.82, 2.24) is 5.32 Å². The molecule has 3 rings (SSSR count). The highest BCUT2D eigenvalue weighted by molar-refractivity contribution is 6.31. The van der Waals surface area contributed by atoms with E-state index in [4.69, 9.17) is 21.6 Å². The van der Waals surface area contributed by atoms with Gasteiger partial charge in [-0.15, -0.1) is 0 Å². The predicted molar refractivity (Wildman–Crippen MR) is 128 cm³/mol. The first-order valence-electron chi connectivity index (χ1n) is 10.8. The Labute approximate surface area is 195 Å². The molecule has 1 N–H and O–H groups in total. The van der Waals surface area contributed by atoms with Gasteiger partial charge >= 0.3 is 0 Å². The van der Waals surface area contributed by atoms with E-state index in [1.807, 2.05) is 38.1 Å². The van der Waals surface area contributed by atoms with E-state index in [9.17, 15) is 4.79 Å². The fourth-order valence-electron chi connectivity index (χ4n) is 4.74. The fourth-order valence-corrected chi connectivity index (χ4v) is 4.96. The summed E-state index contributed by atoms with van der Waals surface area (Å²) < 4.78 is 6.28. The molecule has 0 heterocycles. The molecule has 0 radical (unpaired) electrons. The van der Waals surface area contributed by atoms with Gasteiger partial charge in [-0.3, -0.25) is 4.79 Å². The topological polar surface area (TPSA) is 62.1 Å². The molecule has 1 fully saturated rings. The number of nitriles is 1. The van der Waals surface area contributed by atoms with Crippen LogP contribution in [0.1, 0.15) is 63.0 Å². The van der Waals surface area contributed by atoms with Gasteiger partial charge in [0.1, 0.15) is 17.9 Å². The van der Waals surface area contributed by atoms with Crippen molar-refractivity contribution in [3.05, 3.63) is 64.2 Å². The van der Waals surface area contributed by atoms with Crippen LogP contribution in [-0.4, -0.2) is 18.1 Å². The number of hydrogen-bond acceptors (Lipinski definition) is 3. The van der Waals surface area contributed by atoms with Crippen molar-refractivity contribution in [2.45, 2.75) is 53.7 Å². The Morgan fingerprint density at radius 3 is 2.25 bits per heavy atom. The van der Waals surface area contributed by atoms with Crippen molar-refractivity contribution in [1.29, 1.82) is 5.26 Å². The molecule has 0 unspecified atom stereocenters. The number of amides is 1. The SMILES string of the molecule is CC(C)C#Cc1ccc(C(=O)N[C@H]2C(C)(C)[C@H](Oc3ccc(C#N)c(Cl)c3)C2(C)C)cc1. The summed E-state index contributed by atoms with van der Waals surface area (Å²) in [6.45, 7) is 12.4. The summed E-state index contributed by atoms with van der Waals surface area (Å²) in [6.07, 6.45) is -0.141. The molecule has 1 aliphatic rings. The second kappa shape index (κ2) is 8.89. The predicted octanol–water partition coefficient (Wildman–Crippen LogP) is 5.83. The largest absolute Gasteiger partial charge is 0.489 e. The lowest BCUT2D eigenvalue weighted by atomic mass is 9.49. The number of carbonyl (C=O) groups is 1. The standard InChI is InChI=1S/C27H29ClN2O2/c1-17(2)7-8-18-9-11-19(12-10-18)23(31)30-24-26(3,4)25(27(24,5)6)32-21-14-13-20(16-29)22(28)15-21/h9-15,17,24-25H,1-6H3,(H,30,31)/t24-,25-. The highest BCUT2D eigenvalue weighted by Crippen LogP contribution is 2.55. The second-order valence-electron chi connectivity index (χ2n) is 9.80. The highest BCUT2D eigenvalue weighted by Gasteiger charge is 2.64. The Kier molecular flexibility index (Phi) is 6.59. The lowest BCUT2D eigenvalue weighted by Crippen LogP contribution is -2.74. The molecule has 5 heteroatoms.